The predicted octanol–water partition coefficient (Wildman–Crippen LogP) is 3.38. The Labute approximate surface area is 120 Å². The summed E-state index contributed by atoms with van der Waals surface area (Å²) >= 11 is 0. The summed E-state index contributed by atoms with van der Waals surface area (Å²) in [6, 6.07) is 2.40. The molecule has 2 aromatic heterocycles. The van der Waals surface area contributed by atoms with Gasteiger partial charge in [0.05, 0.1) is 17.3 Å². The summed E-state index contributed by atoms with van der Waals surface area (Å²) in [5.41, 5.74) is 8.58. The van der Waals surface area contributed by atoms with E-state index in [1.54, 1.807) is 0 Å². The van der Waals surface area contributed by atoms with Gasteiger partial charge in [-0.25, -0.2) is 4.98 Å². The molecule has 0 spiro atoms. The van der Waals surface area contributed by atoms with E-state index in [9.17, 15) is 0 Å². The zero-order valence-corrected chi connectivity index (χ0v) is 12.6. The third-order valence-corrected chi connectivity index (χ3v) is 4.49. The number of nitrogens with two attached hydrogens (primary N) is 1. The Morgan fingerprint density at radius 2 is 2.25 bits per heavy atom. The normalized spacial score (nSPS) is 27.4. The SMILES string of the molecule is CC1CCCC(N)(c2nc3cnccc3n2C(C)C)C1. The molecule has 2 unspecified atom stereocenters. The van der Waals surface area contributed by atoms with E-state index >= 15 is 0 Å². The van der Waals surface area contributed by atoms with Crippen molar-refractivity contribution in [2.45, 2.75) is 58.0 Å². The number of nitrogens with zero attached hydrogens (tertiary/aromatic N) is 3. The Morgan fingerprint density at radius 1 is 1.45 bits per heavy atom. The van der Waals surface area contributed by atoms with Gasteiger partial charge in [-0.3, -0.25) is 4.98 Å². The monoisotopic (exact) mass is 272 g/mol. The van der Waals surface area contributed by atoms with Crippen LogP contribution in [0.25, 0.3) is 11.0 Å². The fraction of sp³-hybridized carbons (Fsp3) is 0.625. The largest absolute Gasteiger partial charge is 0.324 e. The van der Waals surface area contributed by atoms with Crippen molar-refractivity contribution in [3.63, 3.8) is 0 Å². The quantitative estimate of drug-likeness (QED) is 0.911. The number of imidazole rings is 1. The Balaban J connectivity index is 2.17. The van der Waals surface area contributed by atoms with E-state index in [1.807, 2.05) is 18.5 Å². The smallest absolute Gasteiger partial charge is 0.130 e. The van der Waals surface area contributed by atoms with Crippen molar-refractivity contribution in [3.05, 3.63) is 24.3 Å². The molecule has 0 bridgehead atoms. The van der Waals surface area contributed by atoms with Crippen LogP contribution in [0, 0.1) is 5.92 Å². The lowest BCUT2D eigenvalue weighted by atomic mass is 9.76. The lowest BCUT2D eigenvalue weighted by Crippen LogP contribution is -2.43. The molecule has 0 saturated heterocycles. The highest BCUT2D eigenvalue weighted by Gasteiger charge is 2.37. The second kappa shape index (κ2) is 4.85. The summed E-state index contributed by atoms with van der Waals surface area (Å²) in [7, 11) is 0. The van der Waals surface area contributed by atoms with Gasteiger partial charge >= 0.3 is 0 Å². The van der Waals surface area contributed by atoms with Crippen LogP contribution in [0.4, 0.5) is 0 Å². The first-order chi connectivity index (χ1) is 9.51. The molecule has 2 atom stereocenters. The van der Waals surface area contributed by atoms with Crippen molar-refractivity contribution in [3.8, 4) is 0 Å². The Kier molecular flexibility index (Phi) is 3.28. The summed E-state index contributed by atoms with van der Waals surface area (Å²) in [5, 5.41) is 0. The molecule has 4 nitrogen and oxygen atoms in total. The number of hydrogen-bond donors (Lipinski definition) is 1. The van der Waals surface area contributed by atoms with E-state index in [0.29, 0.717) is 12.0 Å². The van der Waals surface area contributed by atoms with Crippen molar-refractivity contribution in [2.24, 2.45) is 11.7 Å². The molecule has 1 aliphatic rings. The van der Waals surface area contributed by atoms with E-state index in [1.165, 1.54) is 12.8 Å². The maximum Gasteiger partial charge on any atom is 0.130 e. The van der Waals surface area contributed by atoms with Crippen LogP contribution in [0.2, 0.25) is 0 Å². The molecule has 0 aliphatic heterocycles. The molecule has 2 aromatic rings. The van der Waals surface area contributed by atoms with Gasteiger partial charge in [-0.2, -0.15) is 0 Å². The number of aromatic nitrogens is 3. The minimum absolute atomic E-state index is 0.291. The van der Waals surface area contributed by atoms with Gasteiger partial charge in [-0.1, -0.05) is 19.8 Å². The molecule has 2 N–H and O–H groups in total. The van der Waals surface area contributed by atoms with Crippen LogP contribution in [0.5, 0.6) is 0 Å². The summed E-state index contributed by atoms with van der Waals surface area (Å²) in [4.78, 5) is 9.03. The van der Waals surface area contributed by atoms with Crippen LogP contribution < -0.4 is 5.73 Å². The molecule has 108 valence electrons. The number of hydrogen-bond acceptors (Lipinski definition) is 3. The highest BCUT2D eigenvalue weighted by molar-refractivity contribution is 5.75. The van der Waals surface area contributed by atoms with Crippen molar-refractivity contribution in [2.75, 3.05) is 0 Å². The van der Waals surface area contributed by atoms with Gasteiger partial charge in [0.25, 0.3) is 0 Å². The van der Waals surface area contributed by atoms with Crippen molar-refractivity contribution in [1.82, 2.24) is 14.5 Å². The van der Waals surface area contributed by atoms with Gasteiger partial charge in [0, 0.05) is 12.2 Å². The molecule has 1 aliphatic carbocycles. The molecule has 20 heavy (non-hydrogen) atoms. The fourth-order valence-electron chi connectivity index (χ4n) is 3.62. The van der Waals surface area contributed by atoms with Crippen LogP contribution in [-0.2, 0) is 5.54 Å². The van der Waals surface area contributed by atoms with E-state index in [2.05, 4.69) is 30.3 Å². The van der Waals surface area contributed by atoms with Gasteiger partial charge in [0.2, 0.25) is 0 Å². The number of rotatable bonds is 2. The number of fused-ring (bicyclic) bond motifs is 1. The molecule has 4 heteroatoms. The Bertz CT molecular complexity index is 616. The first kappa shape index (κ1) is 13.6. The molecular formula is C16H24N4. The lowest BCUT2D eigenvalue weighted by Gasteiger charge is -2.37. The average Bonchev–Trinajstić information content (AvgIpc) is 2.78. The molecule has 0 amide bonds. The first-order valence-electron chi connectivity index (χ1n) is 7.62. The average molecular weight is 272 g/mol. The highest BCUT2D eigenvalue weighted by atomic mass is 15.1. The second-order valence-corrected chi connectivity index (χ2v) is 6.62. The summed E-state index contributed by atoms with van der Waals surface area (Å²) < 4.78 is 2.30. The standard InChI is InChI=1S/C16H24N4/c1-11(2)20-14-6-8-18-10-13(14)19-15(20)16(17)7-4-5-12(3)9-16/h6,8,10-12H,4-5,7,9,17H2,1-3H3. The van der Waals surface area contributed by atoms with E-state index in [-0.39, 0.29) is 5.54 Å². The van der Waals surface area contributed by atoms with E-state index < -0.39 is 0 Å². The highest BCUT2D eigenvalue weighted by Crippen LogP contribution is 2.39. The minimum atomic E-state index is -0.291. The van der Waals surface area contributed by atoms with Crippen molar-refractivity contribution >= 4 is 11.0 Å². The number of pyridine rings is 1. The van der Waals surface area contributed by atoms with Gasteiger partial charge < -0.3 is 10.3 Å². The molecule has 1 saturated carbocycles. The maximum absolute atomic E-state index is 6.77. The summed E-state index contributed by atoms with van der Waals surface area (Å²) in [6.07, 6.45) is 8.20. The Hall–Kier alpha value is -1.42. The maximum atomic E-state index is 6.77. The molecular weight excluding hydrogens is 248 g/mol. The molecule has 3 rings (SSSR count). The Morgan fingerprint density at radius 3 is 2.95 bits per heavy atom. The van der Waals surface area contributed by atoms with Crippen LogP contribution >= 0.6 is 0 Å². The van der Waals surface area contributed by atoms with Crippen molar-refractivity contribution < 1.29 is 0 Å². The molecule has 2 heterocycles. The first-order valence-corrected chi connectivity index (χ1v) is 7.62. The zero-order chi connectivity index (χ0) is 14.3. The van der Waals surface area contributed by atoms with Gasteiger partial charge in [-0.15, -0.1) is 0 Å². The van der Waals surface area contributed by atoms with Crippen LogP contribution in [0.15, 0.2) is 18.5 Å². The van der Waals surface area contributed by atoms with E-state index in [4.69, 9.17) is 10.7 Å². The van der Waals surface area contributed by atoms with Gasteiger partial charge in [0.1, 0.15) is 11.3 Å². The lowest BCUT2D eigenvalue weighted by molar-refractivity contribution is 0.220. The zero-order valence-electron chi connectivity index (χ0n) is 12.6. The van der Waals surface area contributed by atoms with Crippen LogP contribution in [0.1, 0.15) is 58.3 Å². The molecule has 0 radical (unpaired) electrons. The van der Waals surface area contributed by atoms with E-state index in [0.717, 1.165) is 29.7 Å². The van der Waals surface area contributed by atoms with Gasteiger partial charge in [-0.05, 0) is 38.7 Å². The van der Waals surface area contributed by atoms with Crippen molar-refractivity contribution in [1.29, 1.82) is 0 Å². The summed E-state index contributed by atoms with van der Waals surface area (Å²) in [6.45, 7) is 6.69. The fourth-order valence-corrected chi connectivity index (χ4v) is 3.62. The third kappa shape index (κ3) is 2.12. The molecule has 1 fully saturated rings. The topological polar surface area (TPSA) is 56.7 Å². The minimum Gasteiger partial charge on any atom is -0.324 e. The second-order valence-electron chi connectivity index (χ2n) is 6.62. The van der Waals surface area contributed by atoms with Crippen LogP contribution in [-0.4, -0.2) is 14.5 Å². The third-order valence-electron chi connectivity index (χ3n) is 4.49. The van der Waals surface area contributed by atoms with Gasteiger partial charge in [0.15, 0.2) is 0 Å². The molecule has 0 aromatic carbocycles. The predicted molar refractivity (Wildman–Crippen MR) is 81.4 cm³/mol. The van der Waals surface area contributed by atoms with Crippen LogP contribution in [0.3, 0.4) is 0 Å². The summed E-state index contributed by atoms with van der Waals surface area (Å²) in [5.74, 6) is 1.72.